The van der Waals surface area contributed by atoms with E-state index >= 15 is 0 Å². The molecule has 0 atom stereocenters. The number of hydrogen-bond acceptors (Lipinski definition) is 5. The standard InChI is InChI=1S/C28H28N4O4/c1-17-15-22-23(16-21(17)28(35)36)31-27(34)24(22)25(18-7-5-4-6-8-18)30-20-11-9-19(10-12-20)26(33)29-13-14-32(2)3/h4-12,15-16,30H,13-14H2,1-3H3,(H,29,33)(H,31,34)(H,35,36). The molecule has 4 N–H and O–H groups in total. The zero-order valence-electron chi connectivity index (χ0n) is 20.4. The number of carboxylic acids is 1. The first-order valence-electron chi connectivity index (χ1n) is 11.5. The molecule has 3 aromatic carbocycles. The van der Waals surface area contributed by atoms with Crippen molar-refractivity contribution in [3.05, 3.63) is 94.5 Å². The van der Waals surface area contributed by atoms with Gasteiger partial charge in [-0.15, -0.1) is 0 Å². The van der Waals surface area contributed by atoms with Crippen molar-refractivity contribution in [2.24, 2.45) is 0 Å². The summed E-state index contributed by atoms with van der Waals surface area (Å²) >= 11 is 0. The number of nitrogens with one attached hydrogen (secondary N) is 3. The molecule has 4 rings (SSSR count). The fourth-order valence-electron chi connectivity index (χ4n) is 4.03. The average molecular weight is 485 g/mol. The van der Waals surface area contributed by atoms with Gasteiger partial charge in [0.05, 0.1) is 22.5 Å². The van der Waals surface area contributed by atoms with Crippen LogP contribution in [0.1, 0.15) is 37.4 Å². The molecule has 1 aliphatic rings. The number of aromatic carboxylic acids is 1. The number of aryl methyl sites for hydroxylation is 1. The maximum Gasteiger partial charge on any atom is 0.336 e. The molecule has 0 saturated heterocycles. The van der Waals surface area contributed by atoms with E-state index in [2.05, 4.69) is 16.0 Å². The quantitative estimate of drug-likeness (QED) is 0.361. The van der Waals surface area contributed by atoms with Gasteiger partial charge in [-0.3, -0.25) is 9.59 Å². The van der Waals surface area contributed by atoms with Crippen molar-refractivity contribution < 1.29 is 19.5 Å². The summed E-state index contributed by atoms with van der Waals surface area (Å²) in [6, 6.07) is 19.7. The van der Waals surface area contributed by atoms with Crippen LogP contribution in [-0.2, 0) is 4.79 Å². The molecule has 184 valence electrons. The third kappa shape index (κ3) is 5.29. The molecule has 0 aromatic heterocycles. The van der Waals surface area contributed by atoms with Crippen molar-refractivity contribution in [1.29, 1.82) is 0 Å². The summed E-state index contributed by atoms with van der Waals surface area (Å²) < 4.78 is 0. The van der Waals surface area contributed by atoms with Crippen molar-refractivity contribution in [3.63, 3.8) is 0 Å². The molecule has 0 bridgehead atoms. The summed E-state index contributed by atoms with van der Waals surface area (Å²) in [7, 11) is 3.89. The molecule has 0 unspecified atom stereocenters. The zero-order chi connectivity index (χ0) is 25.8. The number of likely N-dealkylation sites (N-methyl/N-ethyl adjacent to an activating group) is 1. The highest BCUT2D eigenvalue weighted by atomic mass is 16.4. The highest BCUT2D eigenvalue weighted by Gasteiger charge is 2.30. The Labute approximate surface area is 209 Å². The van der Waals surface area contributed by atoms with Gasteiger partial charge in [-0.05, 0) is 68.5 Å². The average Bonchev–Trinajstić information content (AvgIpc) is 3.16. The maximum absolute atomic E-state index is 13.1. The smallest absolute Gasteiger partial charge is 0.336 e. The van der Waals surface area contributed by atoms with Crippen LogP contribution < -0.4 is 16.0 Å². The van der Waals surface area contributed by atoms with Crippen molar-refractivity contribution in [1.82, 2.24) is 10.2 Å². The minimum absolute atomic E-state index is 0.143. The van der Waals surface area contributed by atoms with Crippen LogP contribution in [-0.4, -0.2) is 55.0 Å². The molecule has 1 heterocycles. The Kier molecular flexibility index (Phi) is 7.17. The number of anilines is 2. The van der Waals surface area contributed by atoms with Crippen LogP contribution in [0.25, 0.3) is 11.3 Å². The second kappa shape index (κ2) is 10.5. The number of hydrogen-bond donors (Lipinski definition) is 4. The van der Waals surface area contributed by atoms with Gasteiger partial charge in [0.1, 0.15) is 0 Å². The van der Waals surface area contributed by atoms with E-state index < -0.39 is 5.97 Å². The molecule has 0 saturated carbocycles. The van der Waals surface area contributed by atoms with E-state index in [1.165, 1.54) is 6.07 Å². The van der Waals surface area contributed by atoms with E-state index in [-0.39, 0.29) is 17.4 Å². The van der Waals surface area contributed by atoms with E-state index in [1.54, 1.807) is 37.3 Å². The van der Waals surface area contributed by atoms with E-state index in [1.807, 2.05) is 49.3 Å². The lowest BCUT2D eigenvalue weighted by Gasteiger charge is -2.16. The van der Waals surface area contributed by atoms with E-state index in [0.717, 1.165) is 12.1 Å². The Morgan fingerprint density at radius 1 is 0.972 bits per heavy atom. The summed E-state index contributed by atoms with van der Waals surface area (Å²) in [5.74, 6) is -1.52. The molecule has 3 aromatic rings. The first-order valence-corrected chi connectivity index (χ1v) is 11.5. The number of rotatable bonds is 8. The third-order valence-corrected chi connectivity index (χ3v) is 5.91. The van der Waals surface area contributed by atoms with Crippen molar-refractivity contribution in [2.45, 2.75) is 6.92 Å². The number of carbonyl (C=O) groups excluding carboxylic acids is 2. The molecule has 8 heteroatoms. The topological polar surface area (TPSA) is 111 Å². The number of fused-ring (bicyclic) bond motifs is 1. The molecule has 0 aliphatic carbocycles. The molecule has 2 amide bonds. The van der Waals surface area contributed by atoms with E-state index in [0.29, 0.717) is 45.9 Å². The third-order valence-electron chi connectivity index (χ3n) is 5.91. The summed E-state index contributed by atoms with van der Waals surface area (Å²) in [5, 5.41) is 18.5. The van der Waals surface area contributed by atoms with Crippen LogP contribution in [0.15, 0.2) is 66.7 Å². The Morgan fingerprint density at radius 2 is 1.67 bits per heavy atom. The summed E-state index contributed by atoms with van der Waals surface area (Å²) in [6.07, 6.45) is 0. The molecule has 0 radical (unpaired) electrons. The Balaban J connectivity index is 1.69. The van der Waals surface area contributed by atoms with Gasteiger partial charge < -0.3 is 26.0 Å². The van der Waals surface area contributed by atoms with Crippen LogP contribution in [0, 0.1) is 6.92 Å². The second-order valence-corrected chi connectivity index (χ2v) is 8.85. The predicted octanol–water partition coefficient (Wildman–Crippen LogP) is 3.92. The normalized spacial score (nSPS) is 13.7. The first-order chi connectivity index (χ1) is 17.2. The fraction of sp³-hybridized carbons (Fsp3) is 0.179. The monoisotopic (exact) mass is 484 g/mol. The lowest BCUT2D eigenvalue weighted by atomic mass is 9.96. The van der Waals surface area contributed by atoms with Gasteiger partial charge >= 0.3 is 5.97 Å². The van der Waals surface area contributed by atoms with Crippen molar-refractivity contribution >= 4 is 40.4 Å². The Bertz CT molecular complexity index is 1350. The number of carbonyl (C=O) groups is 3. The number of benzene rings is 3. The Morgan fingerprint density at radius 3 is 2.31 bits per heavy atom. The SMILES string of the molecule is Cc1cc2c(cc1C(=O)O)NC(=O)C2=C(Nc1ccc(C(=O)NCCN(C)C)cc1)c1ccccc1. The van der Waals surface area contributed by atoms with Gasteiger partial charge in [0.2, 0.25) is 0 Å². The van der Waals surface area contributed by atoms with Crippen LogP contribution in [0.4, 0.5) is 11.4 Å². The number of nitrogens with zero attached hydrogens (tertiary/aromatic N) is 1. The minimum atomic E-state index is -1.05. The maximum atomic E-state index is 13.1. The van der Waals surface area contributed by atoms with Gasteiger partial charge in [-0.1, -0.05) is 30.3 Å². The van der Waals surface area contributed by atoms with Gasteiger partial charge in [0.25, 0.3) is 11.8 Å². The molecule has 0 fully saturated rings. The zero-order valence-corrected chi connectivity index (χ0v) is 20.4. The fourth-order valence-corrected chi connectivity index (χ4v) is 4.03. The summed E-state index contributed by atoms with van der Waals surface area (Å²) in [5.41, 5.74) is 4.82. The van der Waals surface area contributed by atoms with Crippen LogP contribution in [0.3, 0.4) is 0 Å². The van der Waals surface area contributed by atoms with E-state index in [4.69, 9.17) is 0 Å². The van der Waals surface area contributed by atoms with Crippen molar-refractivity contribution in [3.8, 4) is 0 Å². The van der Waals surface area contributed by atoms with Crippen LogP contribution >= 0.6 is 0 Å². The lowest BCUT2D eigenvalue weighted by Crippen LogP contribution is -2.31. The molecule has 36 heavy (non-hydrogen) atoms. The lowest BCUT2D eigenvalue weighted by molar-refractivity contribution is -0.110. The van der Waals surface area contributed by atoms with Gasteiger partial charge in [-0.25, -0.2) is 4.79 Å². The summed E-state index contributed by atoms with van der Waals surface area (Å²) in [6.45, 7) is 3.01. The number of carboxylic acid groups (broad SMARTS) is 1. The van der Waals surface area contributed by atoms with Crippen LogP contribution in [0.5, 0.6) is 0 Å². The minimum Gasteiger partial charge on any atom is -0.478 e. The second-order valence-electron chi connectivity index (χ2n) is 8.85. The summed E-state index contributed by atoms with van der Waals surface area (Å²) in [4.78, 5) is 39.1. The number of amides is 2. The van der Waals surface area contributed by atoms with Gasteiger partial charge in [-0.2, -0.15) is 0 Å². The highest BCUT2D eigenvalue weighted by molar-refractivity contribution is 6.37. The molecular weight excluding hydrogens is 456 g/mol. The molecular formula is C28H28N4O4. The highest BCUT2D eigenvalue weighted by Crippen LogP contribution is 2.39. The van der Waals surface area contributed by atoms with Gasteiger partial charge in [0.15, 0.2) is 0 Å². The first kappa shape index (κ1) is 24.7. The van der Waals surface area contributed by atoms with Gasteiger partial charge in [0, 0.05) is 29.9 Å². The largest absolute Gasteiger partial charge is 0.478 e. The molecule has 8 nitrogen and oxygen atoms in total. The molecule has 0 spiro atoms. The van der Waals surface area contributed by atoms with Crippen LogP contribution in [0.2, 0.25) is 0 Å². The van der Waals surface area contributed by atoms with Crippen molar-refractivity contribution in [2.75, 3.05) is 37.8 Å². The Hall–Kier alpha value is -4.43. The van der Waals surface area contributed by atoms with E-state index in [9.17, 15) is 19.5 Å². The molecule has 1 aliphatic heterocycles. The predicted molar refractivity (Wildman–Crippen MR) is 141 cm³/mol.